The number of halogens is 2. The Kier molecular flexibility index (Phi) is 6.29. The van der Waals surface area contributed by atoms with E-state index in [1.807, 2.05) is 0 Å². The number of aromatic nitrogens is 3. The van der Waals surface area contributed by atoms with Crippen molar-refractivity contribution >= 4 is 23.4 Å². The van der Waals surface area contributed by atoms with E-state index in [9.17, 15) is 14.0 Å². The number of likely N-dealkylation sites (tertiary alicyclic amines) is 1. The zero-order valence-electron chi connectivity index (χ0n) is 16.4. The lowest BCUT2D eigenvalue weighted by Crippen LogP contribution is -2.53. The lowest BCUT2D eigenvalue weighted by molar-refractivity contribution is -0.140. The lowest BCUT2D eigenvalue weighted by atomic mass is 10.0. The fraction of sp³-hybridized carbons (Fsp3) is 0.500. The molecule has 3 atom stereocenters. The van der Waals surface area contributed by atoms with Crippen molar-refractivity contribution in [2.24, 2.45) is 0 Å². The van der Waals surface area contributed by atoms with Crippen LogP contribution >= 0.6 is 11.6 Å². The van der Waals surface area contributed by atoms with Crippen LogP contribution in [0.4, 0.5) is 4.39 Å². The highest BCUT2D eigenvalue weighted by Gasteiger charge is 2.41. The zero-order valence-corrected chi connectivity index (χ0v) is 17.2. The first-order valence-electron chi connectivity index (χ1n) is 10.1. The average Bonchev–Trinajstić information content (AvgIpc) is 3.42. The van der Waals surface area contributed by atoms with Crippen molar-refractivity contribution in [2.45, 2.75) is 50.5 Å². The van der Waals surface area contributed by atoms with Crippen LogP contribution in [0.3, 0.4) is 0 Å². The number of rotatable bonds is 5. The number of carbonyl (C=O) groups is 2. The van der Waals surface area contributed by atoms with E-state index in [0.717, 1.165) is 30.6 Å². The molecule has 2 aliphatic rings. The third-order valence-electron chi connectivity index (χ3n) is 5.60. The summed E-state index contributed by atoms with van der Waals surface area (Å²) in [4.78, 5) is 31.1. The van der Waals surface area contributed by atoms with Crippen LogP contribution in [0.25, 0.3) is 5.69 Å². The molecule has 4 rings (SSSR count). The number of nitrogens with zero attached hydrogens (tertiary/aromatic N) is 4. The smallest absolute Gasteiger partial charge is 0.243 e. The highest BCUT2D eigenvalue weighted by atomic mass is 35.5. The second-order valence-electron chi connectivity index (χ2n) is 7.67. The molecule has 30 heavy (non-hydrogen) atoms. The monoisotopic (exact) mass is 434 g/mol. The van der Waals surface area contributed by atoms with Crippen LogP contribution < -0.4 is 10.6 Å². The van der Waals surface area contributed by atoms with Crippen LogP contribution in [0, 0.1) is 0 Å². The van der Waals surface area contributed by atoms with Crippen molar-refractivity contribution < 1.29 is 14.0 Å². The molecule has 0 radical (unpaired) electrons. The topological polar surface area (TPSA) is 92.2 Å². The van der Waals surface area contributed by atoms with Crippen LogP contribution in [0.1, 0.15) is 31.2 Å². The minimum Gasteiger partial charge on any atom is -0.350 e. The highest BCUT2D eigenvalue weighted by Crippen LogP contribution is 2.24. The fourth-order valence-corrected chi connectivity index (χ4v) is 4.29. The largest absolute Gasteiger partial charge is 0.350 e. The number of amides is 2. The van der Waals surface area contributed by atoms with Crippen molar-refractivity contribution in [1.29, 1.82) is 0 Å². The van der Waals surface area contributed by atoms with E-state index >= 15 is 0 Å². The summed E-state index contributed by atoms with van der Waals surface area (Å²) in [5.74, 6) is -0.565. The van der Waals surface area contributed by atoms with E-state index in [4.69, 9.17) is 11.6 Å². The minimum atomic E-state index is -1.20. The van der Waals surface area contributed by atoms with Crippen LogP contribution in [-0.4, -0.2) is 62.8 Å². The Morgan fingerprint density at radius 3 is 2.93 bits per heavy atom. The molecular formula is C20H24ClFN6O2. The van der Waals surface area contributed by atoms with Crippen molar-refractivity contribution in [3.8, 4) is 5.69 Å². The van der Waals surface area contributed by atoms with Gasteiger partial charge in [-0.1, -0.05) is 18.0 Å². The maximum atomic E-state index is 14.1. The van der Waals surface area contributed by atoms with E-state index in [2.05, 4.69) is 20.7 Å². The third kappa shape index (κ3) is 4.46. The molecule has 1 aromatic carbocycles. The normalized spacial score (nSPS) is 24.1. The third-order valence-corrected chi connectivity index (χ3v) is 5.84. The Morgan fingerprint density at radius 2 is 2.20 bits per heavy atom. The number of alkyl halides is 1. The molecule has 8 nitrogen and oxygen atoms in total. The predicted molar refractivity (Wildman–Crippen MR) is 109 cm³/mol. The van der Waals surface area contributed by atoms with E-state index in [0.29, 0.717) is 11.4 Å². The Hall–Kier alpha value is -2.52. The number of nitrogens with one attached hydrogen (secondary N) is 2. The summed E-state index contributed by atoms with van der Waals surface area (Å²) in [5, 5.41) is 10.7. The molecule has 2 saturated heterocycles. The summed E-state index contributed by atoms with van der Waals surface area (Å²) in [5.41, 5.74) is 1.47. The van der Waals surface area contributed by atoms with Crippen LogP contribution in [0.5, 0.6) is 0 Å². The molecule has 0 bridgehead atoms. The van der Waals surface area contributed by atoms with Crippen LogP contribution in [-0.2, 0) is 16.1 Å². The molecular weight excluding hydrogens is 411 g/mol. The number of benzene rings is 1. The van der Waals surface area contributed by atoms with Gasteiger partial charge in [-0.05, 0) is 43.1 Å². The lowest BCUT2D eigenvalue weighted by Gasteiger charge is -2.30. The summed E-state index contributed by atoms with van der Waals surface area (Å²) >= 11 is 6.12. The zero-order chi connectivity index (χ0) is 21.1. The van der Waals surface area contributed by atoms with E-state index in [-0.39, 0.29) is 37.4 Å². The standard InChI is InChI=1S/C20H24ClFN6O2/c21-14-4-5-17(28-12-23-11-26-28)13(7-14)9-25-19(29)18-8-15(22)10-27(18)20(30)16-3-1-2-6-24-16/h4-5,7,11-12,15-16,18,24H,1-3,6,8-10H2,(H,25,29)/t15-,16-,18?/m1/s1. The summed E-state index contributed by atoms with van der Waals surface area (Å²) < 4.78 is 15.7. The first kappa shape index (κ1) is 20.7. The molecule has 0 spiro atoms. The van der Waals surface area contributed by atoms with Crippen molar-refractivity contribution in [2.75, 3.05) is 13.1 Å². The molecule has 10 heteroatoms. The molecule has 1 unspecified atom stereocenters. The Morgan fingerprint density at radius 1 is 1.33 bits per heavy atom. The molecule has 160 valence electrons. The van der Waals surface area contributed by atoms with Crippen molar-refractivity contribution in [3.05, 3.63) is 41.4 Å². The van der Waals surface area contributed by atoms with Crippen LogP contribution in [0.15, 0.2) is 30.9 Å². The minimum absolute atomic E-state index is 0.00969. The predicted octanol–water partition coefficient (Wildman–Crippen LogP) is 1.62. The van der Waals surface area contributed by atoms with E-state index < -0.39 is 12.2 Å². The van der Waals surface area contributed by atoms with E-state index in [1.54, 1.807) is 29.2 Å². The molecule has 2 amide bonds. The second kappa shape index (κ2) is 9.09. The number of hydrogen-bond donors (Lipinski definition) is 2. The van der Waals surface area contributed by atoms with Gasteiger partial charge in [-0.15, -0.1) is 0 Å². The van der Waals surface area contributed by atoms with Gasteiger partial charge in [0.1, 0.15) is 24.9 Å². The van der Waals surface area contributed by atoms with Gasteiger partial charge < -0.3 is 15.5 Å². The molecule has 2 aromatic rings. The maximum absolute atomic E-state index is 14.1. The summed E-state index contributed by atoms with van der Waals surface area (Å²) in [6.45, 7) is 0.891. The number of hydrogen-bond acceptors (Lipinski definition) is 5. The van der Waals surface area contributed by atoms with Crippen molar-refractivity contribution in [1.82, 2.24) is 30.3 Å². The molecule has 2 aliphatic heterocycles. The molecule has 0 aliphatic carbocycles. The Labute approximate surface area is 178 Å². The first-order valence-corrected chi connectivity index (χ1v) is 10.5. The maximum Gasteiger partial charge on any atom is 0.243 e. The average molecular weight is 435 g/mol. The molecule has 1 aromatic heterocycles. The van der Waals surface area contributed by atoms with Gasteiger partial charge in [-0.3, -0.25) is 9.59 Å². The Balaban J connectivity index is 1.45. The quantitative estimate of drug-likeness (QED) is 0.746. The summed E-state index contributed by atoms with van der Waals surface area (Å²) in [7, 11) is 0. The number of piperidine rings is 1. The van der Waals surface area contributed by atoms with Gasteiger partial charge in [0.05, 0.1) is 18.3 Å². The van der Waals surface area contributed by atoms with E-state index in [1.165, 1.54) is 11.2 Å². The first-order chi connectivity index (χ1) is 14.5. The van der Waals surface area contributed by atoms with Gasteiger partial charge in [0.25, 0.3) is 0 Å². The van der Waals surface area contributed by atoms with Gasteiger partial charge >= 0.3 is 0 Å². The van der Waals surface area contributed by atoms with Gasteiger partial charge in [-0.25, -0.2) is 14.1 Å². The molecule has 2 fully saturated rings. The van der Waals surface area contributed by atoms with Crippen molar-refractivity contribution in [3.63, 3.8) is 0 Å². The SMILES string of the molecule is O=C(NCc1cc(Cl)ccc1-n1cncn1)C1C[C@@H](F)CN1C(=O)[C@H]1CCCCN1. The molecule has 2 N–H and O–H groups in total. The molecule has 0 saturated carbocycles. The van der Waals surface area contributed by atoms with Gasteiger partial charge in [0.2, 0.25) is 11.8 Å². The second-order valence-corrected chi connectivity index (χ2v) is 8.11. The highest BCUT2D eigenvalue weighted by molar-refractivity contribution is 6.30. The summed E-state index contributed by atoms with van der Waals surface area (Å²) in [6.07, 6.45) is 4.46. The summed E-state index contributed by atoms with van der Waals surface area (Å²) in [6, 6.07) is 4.10. The Bertz CT molecular complexity index is 903. The van der Waals surface area contributed by atoms with Gasteiger partial charge in [0.15, 0.2) is 0 Å². The molecule has 3 heterocycles. The number of carbonyl (C=O) groups excluding carboxylic acids is 2. The van der Waals surface area contributed by atoms with Gasteiger partial charge in [0, 0.05) is 18.0 Å². The van der Waals surface area contributed by atoms with Crippen LogP contribution in [0.2, 0.25) is 5.02 Å². The fourth-order valence-electron chi connectivity index (χ4n) is 4.09. The van der Waals surface area contributed by atoms with Gasteiger partial charge in [-0.2, -0.15) is 5.10 Å².